The van der Waals surface area contributed by atoms with Crippen molar-refractivity contribution >= 4 is 17.9 Å². The van der Waals surface area contributed by atoms with Gasteiger partial charge in [-0.3, -0.25) is 14.4 Å². The summed E-state index contributed by atoms with van der Waals surface area (Å²) < 4.78 is 17.0. The second kappa shape index (κ2) is 72.1. The van der Waals surface area contributed by atoms with Gasteiger partial charge in [-0.25, -0.2) is 0 Å². The monoisotopic (exact) mass is 1170 g/mol. The zero-order valence-corrected chi connectivity index (χ0v) is 56.2. The summed E-state index contributed by atoms with van der Waals surface area (Å²) in [7, 11) is 0. The van der Waals surface area contributed by atoms with Crippen LogP contribution in [0.25, 0.3) is 0 Å². The van der Waals surface area contributed by atoms with Crippen molar-refractivity contribution in [3.8, 4) is 0 Å². The van der Waals surface area contributed by atoms with Gasteiger partial charge in [0.15, 0.2) is 6.10 Å². The molecule has 1 unspecified atom stereocenters. The van der Waals surface area contributed by atoms with Crippen LogP contribution in [0, 0.1) is 0 Å². The lowest BCUT2D eigenvalue weighted by Crippen LogP contribution is -2.30. The van der Waals surface area contributed by atoms with Gasteiger partial charge in [-0.15, -0.1) is 0 Å². The summed E-state index contributed by atoms with van der Waals surface area (Å²) >= 11 is 0. The predicted octanol–water partition coefficient (Wildman–Crippen LogP) is 25.9. The standard InChI is InChI=1S/C77H144O6/c1-4-7-10-13-16-19-22-24-26-28-30-32-34-36-37-38-39-41-42-44-46-48-50-52-55-58-61-64-67-70-76(79)82-73-74(72-81-75(78)69-66-63-60-57-54-21-18-15-12-9-6-3)83-77(80)71-68-65-62-59-56-53-51-49-47-45-43-40-35-33-31-29-27-25-23-20-17-14-11-8-5-2/h15,18,23,25,29,31,74H,4-14,16-17,19-22,24,26-28,30,32-73H2,1-3H3/b18-15-,25-23-,31-29-. The normalized spacial score (nSPS) is 12.2. The number of rotatable bonds is 70. The van der Waals surface area contributed by atoms with Crippen LogP contribution in [0.15, 0.2) is 36.5 Å². The number of esters is 3. The molecule has 0 N–H and O–H groups in total. The van der Waals surface area contributed by atoms with Crippen molar-refractivity contribution < 1.29 is 28.6 Å². The summed E-state index contributed by atoms with van der Waals surface area (Å²) in [6.07, 6.45) is 90.6. The Balaban J connectivity index is 4.13. The number of allylic oxidation sites excluding steroid dienone is 6. The van der Waals surface area contributed by atoms with Crippen LogP contribution in [-0.2, 0) is 28.6 Å². The van der Waals surface area contributed by atoms with E-state index in [0.717, 1.165) is 70.6 Å². The highest BCUT2D eigenvalue weighted by Crippen LogP contribution is 2.19. The van der Waals surface area contributed by atoms with E-state index in [1.54, 1.807) is 0 Å². The van der Waals surface area contributed by atoms with Crippen molar-refractivity contribution in [1.82, 2.24) is 0 Å². The minimum absolute atomic E-state index is 0.0699. The minimum atomic E-state index is -0.774. The van der Waals surface area contributed by atoms with E-state index in [0.29, 0.717) is 19.3 Å². The van der Waals surface area contributed by atoms with Gasteiger partial charge in [0.2, 0.25) is 0 Å². The summed E-state index contributed by atoms with van der Waals surface area (Å²) in [6, 6.07) is 0. The molecule has 0 aromatic carbocycles. The minimum Gasteiger partial charge on any atom is -0.462 e. The van der Waals surface area contributed by atoms with Crippen molar-refractivity contribution in [2.75, 3.05) is 13.2 Å². The van der Waals surface area contributed by atoms with Gasteiger partial charge in [-0.05, 0) is 70.6 Å². The third-order valence-electron chi connectivity index (χ3n) is 17.1. The van der Waals surface area contributed by atoms with Crippen LogP contribution in [0.3, 0.4) is 0 Å². The first-order chi connectivity index (χ1) is 41.0. The summed E-state index contributed by atoms with van der Waals surface area (Å²) in [6.45, 7) is 6.66. The summed E-state index contributed by atoms with van der Waals surface area (Å²) in [5.74, 6) is -0.852. The molecule has 0 aliphatic rings. The molecule has 0 spiro atoms. The molecule has 0 saturated carbocycles. The smallest absolute Gasteiger partial charge is 0.306 e. The Morgan fingerprint density at radius 3 is 0.711 bits per heavy atom. The van der Waals surface area contributed by atoms with Crippen LogP contribution in [0.4, 0.5) is 0 Å². The number of carbonyl (C=O) groups is 3. The van der Waals surface area contributed by atoms with E-state index in [2.05, 4.69) is 57.2 Å². The lowest BCUT2D eigenvalue weighted by atomic mass is 10.0. The maximum atomic E-state index is 13.0. The van der Waals surface area contributed by atoms with Gasteiger partial charge in [-0.2, -0.15) is 0 Å². The van der Waals surface area contributed by atoms with Gasteiger partial charge in [0, 0.05) is 19.3 Å². The Morgan fingerprint density at radius 1 is 0.241 bits per heavy atom. The molecule has 0 rings (SSSR count). The maximum absolute atomic E-state index is 13.0. The van der Waals surface area contributed by atoms with Crippen molar-refractivity contribution in [3.63, 3.8) is 0 Å². The Morgan fingerprint density at radius 2 is 0.446 bits per heavy atom. The zero-order valence-electron chi connectivity index (χ0n) is 56.2. The molecule has 1 atom stereocenters. The fraction of sp³-hybridized carbons (Fsp3) is 0.883. The predicted molar refractivity (Wildman–Crippen MR) is 362 cm³/mol. The third kappa shape index (κ3) is 70.3. The van der Waals surface area contributed by atoms with Crippen molar-refractivity contribution in [1.29, 1.82) is 0 Å². The number of ether oxygens (including phenoxy) is 3. The molecule has 0 radical (unpaired) electrons. The van der Waals surface area contributed by atoms with Gasteiger partial charge in [0.1, 0.15) is 13.2 Å². The van der Waals surface area contributed by atoms with Crippen molar-refractivity contribution in [2.45, 2.75) is 425 Å². The molecule has 0 saturated heterocycles. The van der Waals surface area contributed by atoms with Crippen LogP contribution < -0.4 is 0 Å². The van der Waals surface area contributed by atoms with Crippen molar-refractivity contribution in [3.05, 3.63) is 36.5 Å². The van der Waals surface area contributed by atoms with Gasteiger partial charge in [0.25, 0.3) is 0 Å². The summed E-state index contributed by atoms with van der Waals surface area (Å²) in [5, 5.41) is 0. The first-order valence-electron chi connectivity index (χ1n) is 37.5. The first kappa shape index (κ1) is 80.6. The average Bonchev–Trinajstić information content (AvgIpc) is 3.48. The number of hydrogen-bond donors (Lipinski definition) is 0. The molecule has 0 aliphatic carbocycles. The average molecular weight is 1170 g/mol. The van der Waals surface area contributed by atoms with Crippen LogP contribution >= 0.6 is 0 Å². The SMILES string of the molecule is CCCC/C=C\CCCCCCCC(=O)OCC(COC(=O)CCCCCCCCCCCCCCCCCCCCCCCCCCCCCCC)OC(=O)CCCCCCCCCCCCCCC/C=C\C/C=C\CCCCCCC. The Labute approximate surface area is 518 Å². The molecular formula is C77H144O6. The highest BCUT2D eigenvalue weighted by Gasteiger charge is 2.20. The van der Waals surface area contributed by atoms with Crippen LogP contribution in [-0.4, -0.2) is 37.2 Å². The molecule has 0 aliphatic heterocycles. The van der Waals surface area contributed by atoms with Crippen LogP contribution in [0.2, 0.25) is 0 Å². The quantitative estimate of drug-likeness (QED) is 0.0261. The zero-order chi connectivity index (χ0) is 59.9. The first-order valence-corrected chi connectivity index (χ1v) is 37.5. The van der Waals surface area contributed by atoms with Crippen LogP contribution in [0.5, 0.6) is 0 Å². The van der Waals surface area contributed by atoms with E-state index in [9.17, 15) is 14.4 Å². The van der Waals surface area contributed by atoms with E-state index < -0.39 is 6.10 Å². The molecule has 0 aromatic rings. The van der Waals surface area contributed by atoms with Gasteiger partial charge in [0.05, 0.1) is 0 Å². The molecule has 0 aromatic heterocycles. The molecule has 6 nitrogen and oxygen atoms in total. The largest absolute Gasteiger partial charge is 0.462 e. The molecule has 488 valence electrons. The molecular weight excluding hydrogens is 1020 g/mol. The molecule has 0 fully saturated rings. The van der Waals surface area contributed by atoms with E-state index in [4.69, 9.17) is 14.2 Å². The fourth-order valence-electron chi connectivity index (χ4n) is 11.5. The highest BCUT2D eigenvalue weighted by atomic mass is 16.6. The van der Waals surface area contributed by atoms with Gasteiger partial charge in [-0.1, -0.05) is 365 Å². The highest BCUT2D eigenvalue weighted by molar-refractivity contribution is 5.71. The molecule has 0 heterocycles. The lowest BCUT2D eigenvalue weighted by Gasteiger charge is -2.18. The van der Waals surface area contributed by atoms with E-state index in [1.165, 1.54) is 308 Å². The van der Waals surface area contributed by atoms with Gasteiger partial charge < -0.3 is 14.2 Å². The van der Waals surface area contributed by atoms with E-state index in [-0.39, 0.29) is 31.1 Å². The summed E-state index contributed by atoms with van der Waals surface area (Å²) in [4.78, 5) is 38.4. The van der Waals surface area contributed by atoms with Crippen LogP contribution in [0.1, 0.15) is 419 Å². The molecule has 6 heteroatoms. The Hall–Kier alpha value is -2.37. The molecule has 0 bridgehead atoms. The Kier molecular flexibility index (Phi) is 70.0. The molecule has 0 amide bonds. The second-order valence-electron chi connectivity index (χ2n) is 25.6. The number of unbranched alkanes of at least 4 members (excludes halogenated alkanes) is 53. The van der Waals surface area contributed by atoms with Crippen molar-refractivity contribution in [2.24, 2.45) is 0 Å². The molecule has 83 heavy (non-hydrogen) atoms. The lowest BCUT2D eigenvalue weighted by molar-refractivity contribution is -0.167. The second-order valence-corrected chi connectivity index (χ2v) is 25.6. The summed E-state index contributed by atoms with van der Waals surface area (Å²) in [5.41, 5.74) is 0. The topological polar surface area (TPSA) is 78.9 Å². The Bertz CT molecular complexity index is 1380. The fourth-order valence-corrected chi connectivity index (χ4v) is 11.5. The van der Waals surface area contributed by atoms with E-state index >= 15 is 0 Å². The van der Waals surface area contributed by atoms with Gasteiger partial charge >= 0.3 is 17.9 Å². The third-order valence-corrected chi connectivity index (χ3v) is 17.1. The van der Waals surface area contributed by atoms with E-state index in [1.807, 2.05) is 0 Å². The number of hydrogen-bond acceptors (Lipinski definition) is 6. The maximum Gasteiger partial charge on any atom is 0.306 e. The number of carbonyl (C=O) groups excluding carboxylic acids is 3.